The first-order valence-corrected chi connectivity index (χ1v) is 8.48. The summed E-state index contributed by atoms with van der Waals surface area (Å²) >= 11 is 0. The topological polar surface area (TPSA) is 87.7 Å². The summed E-state index contributed by atoms with van der Waals surface area (Å²) in [6, 6.07) is 8.07. The molecule has 24 heavy (non-hydrogen) atoms. The molecular formula is C18H26N2O4. The molecule has 0 spiro atoms. The zero-order chi connectivity index (χ0) is 17.4. The number of benzene rings is 1. The molecule has 0 aromatic heterocycles. The van der Waals surface area contributed by atoms with E-state index in [1.54, 1.807) is 0 Å². The second-order valence-corrected chi connectivity index (χ2v) is 6.24. The minimum Gasteiger partial charge on any atom is -0.481 e. The molecule has 1 aromatic rings. The first-order valence-electron chi connectivity index (χ1n) is 8.48. The lowest BCUT2D eigenvalue weighted by molar-refractivity contribution is -0.137. The van der Waals surface area contributed by atoms with Gasteiger partial charge in [-0.25, -0.2) is 4.79 Å². The highest BCUT2D eigenvalue weighted by Crippen LogP contribution is 2.33. The van der Waals surface area contributed by atoms with Crippen LogP contribution in [-0.2, 0) is 9.53 Å². The van der Waals surface area contributed by atoms with E-state index in [4.69, 9.17) is 9.84 Å². The highest BCUT2D eigenvalue weighted by atomic mass is 16.5. The molecule has 0 saturated carbocycles. The molecule has 2 atom stereocenters. The Labute approximate surface area is 142 Å². The van der Waals surface area contributed by atoms with Gasteiger partial charge in [-0.3, -0.25) is 4.79 Å². The summed E-state index contributed by atoms with van der Waals surface area (Å²) in [7, 11) is 0. The van der Waals surface area contributed by atoms with Crippen LogP contribution in [0.3, 0.4) is 0 Å². The van der Waals surface area contributed by atoms with Crippen LogP contribution in [0.4, 0.5) is 4.79 Å². The molecule has 2 rings (SSSR count). The van der Waals surface area contributed by atoms with Crippen molar-refractivity contribution in [2.24, 2.45) is 5.92 Å². The number of amides is 2. The molecule has 1 heterocycles. The monoisotopic (exact) mass is 334 g/mol. The number of carboxylic acids is 1. The molecule has 6 nitrogen and oxygen atoms in total. The van der Waals surface area contributed by atoms with E-state index < -0.39 is 5.97 Å². The number of urea groups is 1. The van der Waals surface area contributed by atoms with E-state index >= 15 is 0 Å². The summed E-state index contributed by atoms with van der Waals surface area (Å²) in [5, 5.41) is 14.1. The Morgan fingerprint density at radius 2 is 2.00 bits per heavy atom. The Balaban J connectivity index is 1.79. The van der Waals surface area contributed by atoms with Gasteiger partial charge >= 0.3 is 12.0 Å². The number of carboxylic acid groups (broad SMARTS) is 1. The Morgan fingerprint density at radius 1 is 1.25 bits per heavy atom. The number of carbonyl (C=O) groups is 2. The van der Waals surface area contributed by atoms with Gasteiger partial charge < -0.3 is 20.5 Å². The van der Waals surface area contributed by atoms with E-state index in [9.17, 15) is 9.59 Å². The van der Waals surface area contributed by atoms with Crippen LogP contribution in [-0.4, -0.2) is 36.8 Å². The molecule has 3 N–H and O–H groups in total. The summed E-state index contributed by atoms with van der Waals surface area (Å²) in [6.07, 6.45) is 2.51. The average molecular weight is 334 g/mol. The van der Waals surface area contributed by atoms with E-state index in [0.717, 1.165) is 25.0 Å². The van der Waals surface area contributed by atoms with Crippen molar-refractivity contribution in [3.63, 3.8) is 0 Å². The van der Waals surface area contributed by atoms with Gasteiger partial charge in [0.2, 0.25) is 0 Å². The maximum absolute atomic E-state index is 11.8. The molecular weight excluding hydrogens is 308 g/mol. The van der Waals surface area contributed by atoms with Gasteiger partial charge in [0.15, 0.2) is 0 Å². The Morgan fingerprint density at radius 3 is 2.71 bits per heavy atom. The van der Waals surface area contributed by atoms with Crippen LogP contribution in [0.15, 0.2) is 24.3 Å². The number of hydrogen-bond acceptors (Lipinski definition) is 3. The smallest absolute Gasteiger partial charge is 0.314 e. The molecule has 0 radical (unpaired) electrons. The van der Waals surface area contributed by atoms with Gasteiger partial charge in [-0.05, 0) is 31.7 Å². The van der Waals surface area contributed by atoms with E-state index in [1.807, 2.05) is 0 Å². The first kappa shape index (κ1) is 18.3. The molecule has 1 aliphatic heterocycles. The van der Waals surface area contributed by atoms with Crippen molar-refractivity contribution < 1.29 is 19.4 Å². The fraction of sp³-hybridized carbons (Fsp3) is 0.556. The Bertz CT molecular complexity index is 544. The molecule has 1 aliphatic rings. The van der Waals surface area contributed by atoms with Gasteiger partial charge in [-0.1, -0.05) is 29.8 Å². The second kappa shape index (κ2) is 9.27. The molecule has 1 aromatic carbocycles. The summed E-state index contributed by atoms with van der Waals surface area (Å²) in [4.78, 5) is 22.2. The third-order valence-corrected chi connectivity index (χ3v) is 4.23. The van der Waals surface area contributed by atoms with Crippen LogP contribution in [0.1, 0.15) is 42.9 Å². The molecule has 1 fully saturated rings. The lowest BCUT2D eigenvalue weighted by Crippen LogP contribution is -2.41. The van der Waals surface area contributed by atoms with Gasteiger partial charge in [-0.2, -0.15) is 0 Å². The van der Waals surface area contributed by atoms with Crippen molar-refractivity contribution in [1.82, 2.24) is 10.6 Å². The van der Waals surface area contributed by atoms with Gasteiger partial charge in [-0.15, -0.1) is 0 Å². The highest BCUT2D eigenvalue weighted by Gasteiger charge is 2.27. The van der Waals surface area contributed by atoms with E-state index in [0.29, 0.717) is 19.5 Å². The fourth-order valence-electron chi connectivity index (χ4n) is 2.90. The molecule has 132 valence electrons. The van der Waals surface area contributed by atoms with E-state index in [-0.39, 0.29) is 24.5 Å². The third-order valence-electron chi connectivity index (χ3n) is 4.23. The normalized spacial score (nSPS) is 20.4. The first-order chi connectivity index (χ1) is 11.6. The lowest BCUT2D eigenvalue weighted by atomic mass is 9.89. The Hall–Kier alpha value is -2.08. The van der Waals surface area contributed by atoms with Crippen LogP contribution >= 0.6 is 0 Å². The third kappa shape index (κ3) is 5.85. The van der Waals surface area contributed by atoms with Crippen LogP contribution in [0, 0.1) is 12.8 Å². The van der Waals surface area contributed by atoms with Crippen LogP contribution in [0.5, 0.6) is 0 Å². The molecule has 6 heteroatoms. The maximum atomic E-state index is 11.8. The summed E-state index contributed by atoms with van der Waals surface area (Å²) in [5.41, 5.74) is 2.36. The van der Waals surface area contributed by atoms with Crippen molar-refractivity contribution in [2.45, 2.75) is 38.7 Å². The predicted molar refractivity (Wildman–Crippen MR) is 90.9 cm³/mol. The molecule has 1 saturated heterocycles. The minimum absolute atomic E-state index is 0.00617. The predicted octanol–water partition coefficient (Wildman–Crippen LogP) is 2.63. The summed E-state index contributed by atoms with van der Waals surface area (Å²) in [6.45, 7) is 3.71. The molecule has 0 aliphatic carbocycles. The van der Waals surface area contributed by atoms with Crippen molar-refractivity contribution in [2.75, 3.05) is 19.7 Å². The average Bonchev–Trinajstić information content (AvgIpc) is 2.58. The number of rotatable bonds is 7. The van der Waals surface area contributed by atoms with Crippen molar-refractivity contribution in [1.29, 1.82) is 0 Å². The van der Waals surface area contributed by atoms with Crippen molar-refractivity contribution in [3.05, 3.63) is 35.4 Å². The molecule has 2 amide bonds. The second-order valence-electron chi connectivity index (χ2n) is 6.24. The largest absolute Gasteiger partial charge is 0.481 e. The number of aliphatic carboxylic acids is 1. The standard InChI is InChI=1S/C18H26N2O4/c1-13-6-8-14(9-7-13)17-15(4-3-11-24-17)12-20-18(23)19-10-2-5-16(21)22/h6-9,15,17H,2-5,10-12H2,1H3,(H,21,22)(H2,19,20,23). The number of carbonyl (C=O) groups excluding carboxylic acids is 1. The maximum Gasteiger partial charge on any atom is 0.314 e. The minimum atomic E-state index is -0.850. The molecule has 2 unspecified atom stereocenters. The molecule has 0 bridgehead atoms. The van der Waals surface area contributed by atoms with Gasteiger partial charge in [0.05, 0.1) is 6.10 Å². The van der Waals surface area contributed by atoms with Crippen molar-refractivity contribution >= 4 is 12.0 Å². The summed E-state index contributed by atoms with van der Waals surface area (Å²) < 4.78 is 5.94. The van der Waals surface area contributed by atoms with Gasteiger partial charge in [0.25, 0.3) is 0 Å². The zero-order valence-electron chi connectivity index (χ0n) is 14.1. The van der Waals surface area contributed by atoms with Gasteiger partial charge in [0.1, 0.15) is 0 Å². The number of hydrogen-bond donors (Lipinski definition) is 3. The fourth-order valence-corrected chi connectivity index (χ4v) is 2.90. The van der Waals surface area contributed by atoms with Crippen molar-refractivity contribution in [3.8, 4) is 0 Å². The SMILES string of the molecule is Cc1ccc(C2OCCCC2CNC(=O)NCCCC(=O)O)cc1. The Kier molecular flexibility index (Phi) is 7.06. The number of nitrogens with one attached hydrogen (secondary N) is 2. The lowest BCUT2D eigenvalue weighted by Gasteiger charge is -2.32. The quantitative estimate of drug-likeness (QED) is 0.669. The highest BCUT2D eigenvalue weighted by molar-refractivity contribution is 5.73. The van der Waals surface area contributed by atoms with Crippen LogP contribution in [0.25, 0.3) is 0 Å². The van der Waals surface area contributed by atoms with E-state index in [1.165, 1.54) is 5.56 Å². The zero-order valence-corrected chi connectivity index (χ0v) is 14.1. The van der Waals surface area contributed by atoms with Crippen LogP contribution < -0.4 is 10.6 Å². The van der Waals surface area contributed by atoms with Gasteiger partial charge in [0, 0.05) is 32.0 Å². The number of aryl methyl sites for hydroxylation is 1. The number of ether oxygens (including phenoxy) is 1. The van der Waals surface area contributed by atoms with Crippen LogP contribution in [0.2, 0.25) is 0 Å². The van der Waals surface area contributed by atoms with E-state index in [2.05, 4.69) is 41.8 Å². The summed E-state index contributed by atoms with van der Waals surface area (Å²) in [5.74, 6) is -0.608.